The van der Waals surface area contributed by atoms with Gasteiger partial charge in [-0.3, -0.25) is 0 Å². The van der Waals surface area contributed by atoms with Crippen molar-refractivity contribution in [1.82, 2.24) is 0 Å². The van der Waals surface area contributed by atoms with E-state index in [0.29, 0.717) is 5.02 Å². The highest BCUT2D eigenvalue weighted by Gasteiger charge is 2.31. The lowest BCUT2D eigenvalue weighted by Crippen LogP contribution is -2.14. The molecule has 6 nitrogen and oxygen atoms in total. The van der Waals surface area contributed by atoms with E-state index in [1.807, 2.05) is 42.5 Å². The predicted molar refractivity (Wildman–Crippen MR) is 95.6 cm³/mol. The molecule has 0 bridgehead atoms. The number of aliphatic hydroxyl groups excluding tert-OH is 1. The second kappa shape index (κ2) is 8.71. The van der Waals surface area contributed by atoms with E-state index in [0.717, 1.165) is 18.4 Å². The third-order valence-electron chi connectivity index (χ3n) is 3.54. The first kappa shape index (κ1) is 18.3. The summed E-state index contributed by atoms with van der Waals surface area (Å²) in [4.78, 5) is 14.4. The van der Waals surface area contributed by atoms with E-state index < -0.39 is 17.4 Å². The molecule has 0 radical (unpaired) electrons. The number of carbonyl (C=O) groups is 1. The molecule has 0 saturated heterocycles. The maximum Gasteiger partial charge on any atom is 0.505 e. The van der Waals surface area contributed by atoms with Crippen molar-refractivity contribution < 1.29 is 14.6 Å². The molecule has 1 unspecified atom stereocenters. The number of aliphatic hydroxyl groups is 1. The highest BCUT2D eigenvalue weighted by Crippen LogP contribution is 2.27. The van der Waals surface area contributed by atoms with Gasteiger partial charge in [0.25, 0.3) is 0 Å². The molecule has 0 amide bonds. The number of para-hydroxylation sites is 1. The molecular formula is C18H17ClN3O3+. The van der Waals surface area contributed by atoms with Crippen molar-refractivity contribution in [2.24, 2.45) is 0 Å². The third kappa shape index (κ3) is 4.96. The second-order valence-corrected chi connectivity index (χ2v) is 5.64. The average molecular weight is 359 g/mol. The molecule has 0 heterocycles. The Morgan fingerprint density at radius 2 is 1.88 bits per heavy atom. The van der Waals surface area contributed by atoms with E-state index in [-0.39, 0.29) is 12.5 Å². The van der Waals surface area contributed by atoms with Gasteiger partial charge in [0.1, 0.15) is 0 Å². The number of ether oxygens (including phenoxy) is 1. The maximum absolute atomic E-state index is 11.6. The normalized spacial score (nSPS) is 12.5. The van der Waals surface area contributed by atoms with E-state index in [4.69, 9.17) is 17.0 Å². The number of benzene rings is 2. The van der Waals surface area contributed by atoms with Gasteiger partial charge in [-0.2, -0.15) is 0 Å². The van der Waals surface area contributed by atoms with Gasteiger partial charge in [0.15, 0.2) is 10.7 Å². The number of rotatable bonds is 6. The van der Waals surface area contributed by atoms with Crippen LogP contribution in [0.3, 0.4) is 0 Å². The molecule has 0 aliphatic carbocycles. The first-order chi connectivity index (χ1) is 12.0. The number of esters is 1. The molecule has 25 heavy (non-hydrogen) atoms. The molecule has 2 aromatic carbocycles. The van der Waals surface area contributed by atoms with Crippen LogP contribution in [-0.4, -0.2) is 18.2 Å². The first-order valence-corrected chi connectivity index (χ1v) is 7.85. The predicted octanol–water partition coefficient (Wildman–Crippen LogP) is 4.68. The molecule has 0 fully saturated rings. The Balaban J connectivity index is 2.34. The number of nitrogens with zero attached hydrogens (tertiary/aromatic N) is 2. The summed E-state index contributed by atoms with van der Waals surface area (Å²) in [6.45, 7) is 0. The summed E-state index contributed by atoms with van der Waals surface area (Å²) >= 11 is 5.93. The van der Waals surface area contributed by atoms with Gasteiger partial charge in [0.2, 0.25) is 5.39 Å². The minimum Gasteiger partial charge on any atom is -0.505 e. The van der Waals surface area contributed by atoms with Crippen LogP contribution in [0.15, 0.2) is 66.1 Å². The zero-order chi connectivity index (χ0) is 18.2. The fourth-order valence-electron chi connectivity index (χ4n) is 2.29. The van der Waals surface area contributed by atoms with Gasteiger partial charge in [0, 0.05) is 17.1 Å². The van der Waals surface area contributed by atoms with Crippen LogP contribution in [0.1, 0.15) is 18.0 Å². The molecule has 0 aliphatic heterocycles. The van der Waals surface area contributed by atoms with E-state index in [1.165, 1.54) is 0 Å². The maximum atomic E-state index is 11.6. The zero-order valence-corrected chi connectivity index (χ0v) is 14.3. The Kier molecular flexibility index (Phi) is 6.38. The van der Waals surface area contributed by atoms with Gasteiger partial charge < -0.3 is 15.2 Å². The standard InChI is InChI=1S/C18H16ClN3O3/c1-25-18(24)17(22-20)16(23)11-15(12-7-9-13(19)10-8-12)21-14-5-3-2-4-6-14/h2-10,15,21H,11H2,1H3/p+1. The summed E-state index contributed by atoms with van der Waals surface area (Å²) in [5, 5.41) is 23.1. The molecule has 2 aromatic rings. The molecule has 1 atom stereocenters. The summed E-state index contributed by atoms with van der Waals surface area (Å²) in [6.07, 6.45) is 0.00498. The number of halogens is 1. The van der Waals surface area contributed by atoms with Crippen molar-refractivity contribution in [3.05, 3.63) is 81.6 Å². The number of methoxy groups -OCH3 is 1. The highest BCUT2D eigenvalue weighted by atomic mass is 35.5. The van der Waals surface area contributed by atoms with E-state index in [1.54, 1.807) is 12.1 Å². The number of diazo groups is 1. The van der Waals surface area contributed by atoms with Crippen LogP contribution >= 0.6 is 11.6 Å². The van der Waals surface area contributed by atoms with Crippen LogP contribution in [0.5, 0.6) is 0 Å². The quantitative estimate of drug-likeness (QED) is 0.339. The summed E-state index contributed by atoms with van der Waals surface area (Å²) < 4.78 is 4.50. The molecule has 0 aliphatic rings. The lowest BCUT2D eigenvalue weighted by atomic mass is 10.0. The summed E-state index contributed by atoms with van der Waals surface area (Å²) in [6, 6.07) is 16.1. The summed E-state index contributed by atoms with van der Waals surface area (Å²) in [5.41, 5.74) is 1.13. The second-order valence-electron chi connectivity index (χ2n) is 5.21. The first-order valence-electron chi connectivity index (χ1n) is 7.47. The van der Waals surface area contributed by atoms with Crippen LogP contribution in [-0.2, 0) is 9.53 Å². The molecular weight excluding hydrogens is 342 g/mol. The average Bonchev–Trinajstić information content (AvgIpc) is 2.63. The molecule has 0 aromatic heterocycles. The third-order valence-corrected chi connectivity index (χ3v) is 3.79. The van der Waals surface area contributed by atoms with E-state index in [2.05, 4.69) is 15.0 Å². The van der Waals surface area contributed by atoms with Crippen LogP contribution in [0.4, 0.5) is 5.69 Å². The van der Waals surface area contributed by atoms with Gasteiger partial charge >= 0.3 is 11.7 Å². The van der Waals surface area contributed by atoms with Crippen molar-refractivity contribution >= 4 is 23.3 Å². The van der Waals surface area contributed by atoms with Gasteiger partial charge in [-0.15, -0.1) is 0 Å². The van der Waals surface area contributed by atoms with Gasteiger partial charge in [0.05, 0.1) is 13.2 Å². The lowest BCUT2D eigenvalue weighted by Gasteiger charge is -2.19. The largest absolute Gasteiger partial charge is 0.505 e. The number of hydrogen-bond donors (Lipinski definition) is 2. The summed E-state index contributed by atoms with van der Waals surface area (Å²) in [7, 11) is 1.14. The Hall–Kier alpha value is -3.04. The molecule has 2 rings (SSSR count). The van der Waals surface area contributed by atoms with Crippen LogP contribution in [0.2, 0.25) is 5.02 Å². The van der Waals surface area contributed by atoms with Gasteiger partial charge in [-0.05, 0) is 29.8 Å². The smallest absolute Gasteiger partial charge is 0.505 e. The van der Waals surface area contributed by atoms with E-state index in [9.17, 15) is 9.90 Å². The van der Waals surface area contributed by atoms with Gasteiger partial charge in [-0.1, -0.05) is 41.9 Å². The number of anilines is 1. The summed E-state index contributed by atoms with van der Waals surface area (Å²) in [5.74, 6) is -1.31. The minimum absolute atomic E-state index is 0.00498. The Bertz CT molecular complexity index is 799. The fourth-order valence-corrected chi connectivity index (χ4v) is 2.41. The Morgan fingerprint density at radius 1 is 1.24 bits per heavy atom. The zero-order valence-electron chi connectivity index (χ0n) is 13.5. The molecule has 0 spiro atoms. The Morgan fingerprint density at radius 3 is 2.44 bits per heavy atom. The highest BCUT2D eigenvalue weighted by molar-refractivity contribution is 6.30. The van der Waals surface area contributed by atoms with Crippen molar-refractivity contribution in [3.63, 3.8) is 0 Å². The number of carbonyl (C=O) groups excluding carboxylic acids is 1. The van der Waals surface area contributed by atoms with Crippen molar-refractivity contribution in [2.45, 2.75) is 12.5 Å². The van der Waals surface area contributed by atoms with Crippen LogP contribution in [0, 0.1) is 5.39 Å². The number of nitrogens with one attached hydrogen (secondary N) is 1. The monoisotopic (exact) mass is 358 g/mol. The van der Waals surface area contributed by atoms with Crippen LogP contribution in [0.25, 0.3) is 4.98 Å². The molecule has 2 N–H and O–H groups in total. The van der Waals surface area contributed by atoms with Crippen molar-refractivity contribution in [2.75, 3.05) is 12.4 Å². The van der Waals surface area contributed by atoms with Crippen molar-refractivity contribution in [1.29, 1.82) is 5.39 Å². The minimum atomic E-state index is -0.922. The van der Waals surface area contributed by atoms with Crippen molar-refractivity contribution in [3.8, 4) is 0 Å². The van der Waals surface area contributed by atoms with E-state index >= 15 is 0 Å². The molecule has 128 valence electrons. The van der Waals surface area contributed by atoms with Crippen LogP contribution < -0.4 is 5.32 Å². The van der Waals surface area contributed by atoms with Gasteiger partial charge in [-0.25, -0.2) is 4.79 Å². The lowest BCUT2D eigenvalue weighted by molar-refractivity contribution is -0.136. The molecule has 0 saturated carbocycles. The Labute approximate surface area is 150 Å². The number of hydrogen-bond acceptors (Lipinski definition) is 5. The SMILES string of the molecule is COC(=O)/C([N+]#N)=C(\O)CC(Nc1ccccc1)c1ccc(Cl)cc1. The fraction of sp³-hybridized carbons (Fsp3) is 0.167. The topological polar surface area (TPSA) is 86.7 Å². The molecule has 7 heteroatoms.